The van der Waals surface area contributed by atoms with Crippen molar-refractivity contribution in [3.8, 4) is 5.75 Å². The fourth-order valence-electron chi connectivity index (χ4n) is 1.78. The van der Waals surface area contributed by atoms with Crippen LogP contribution in [0.25, 0.3) is 0 Å². The third-order valence-electron chi connectivity index (χ3n) is 2.94. The van der Waals surface area contributed by atoms with E-state index in [1.54, 1.807) is 0 Å². The minimum atomic E-state index is -0.548. The molecule has 1 rings (SSSR count). The summed E-state index contributed by atoms with van der Waals surface area (Å²) < 4.78 is 18.3. The Morgan fingerprint density at radius 3 is 2.79 bits per heavy atom. The number of rotatable bonds is 7. The molecule has 0 fully saturated rings. The van der Waals surface area contributed by atoms with Crippen molar-refractivity contribution in [2.45, 2.75) is 32.2 Å². The van der Waals surface area contributed by atoms with E-state index < -0.39 is 5.82 Å². The highest BCUT2D eigenvalue weighted by atomic mass is 19.1. The maximum Gasteiger partial charge on any atom is 0.251 e. The molecule has 0 bridgehead atoms. The number of carbonyl (C=O) groups is 1. The average molecular weight is 268 g/mol. The maximum atomic E-state index is 13.5. The van der Waals surface area contributed by atoms with E-state index in [-0.39, 0.29) is 23.3 Å². The van der Waals surface area contributed by atoms with Gasteiger partial charge in [-0.05, 0) is 24.6 Å². The predicted molar refractivity (Wildman–Crippen MR) is 72.8 cm³/mol. The van der Waals surface area contributed by atoms with Crippen LogP contribution in [0.1, 0.15) is 36.5 Å². The van der Waals surface area contributed by atoms with Gasteiger partial charge < -0.3 is 15.8 Å². The minimum Gasteiger partial charge on any atom is -0.494 e. The highest BCUT2D eigenvalue weighted by Crippen LogP contribution is 2.17. The molecule has 4 nitrogen and oxygen atoms in total. The van der Waals surface area contributed by atoms with Crippen molar-refractivity contribution in [2.24, 2.45) is 5.73 Å². The number of hydrogen-bond donors (Lipinski definition) is 2. The van der Waals surface area contributed by atoms with Gasteiger partial charge in [0.15, 0.2) is 11.6 Å². The zero-order chi connectivity index (χ0) is 14.3. The largest absolute Gasteiger partial charge is 0.494 e. The Morgan fingerprint density at radius 2 is 2.26 bits per heavy atom. The quantitative estimate of drug-likeness (QED) is 0.795. The summed E-state index contributed by atoms with van der Waals surface area (Å²) in [7, 11) is 1.38. The summed E-state index contributed by atoms with van der Waals surface area (Å²) in [5.41, 5.74) is 5.88. The second kappa shape index (κ2) is 7.74. The van der Waals surface area contributed by atoms with Crippen molar-refractivity contribution >= 4 is 5.91 Å². The molecule has 1 atom stereocenters. The van der Waals surface area contributed by atoms with Gasteiger partial charge in [-0.15, -0.1) is 0 Å². The first kappa shape index (κ1) is 15.4. The molecule has 0 aromatic heterocycles. The third-order valence-corrected chi connectivity index (χ3v) is 2.94. The highest BCUT2D eigenvalue weighted by Gasteiger charge is 2.14. The summed E-state index contributed by atoms with van der Waals surface area (Å²) in [4.78, 5) is 12.0. The molecule has 0 radical (unpaired) electrons. The summed E-state index contributed by atoms with van der Waals surface area (Å²) in [5.74, 6) is -0.737. The number of amides is 1. The van der Waals surface area contributed by atoms with E-state index in [0.29, 0.717) is 6.54 Å². The number of unbranched alkanes of at least 4 members (excludes halogenated alkanes) is 1. The molecule has 0 spiro atoms. The fraction of sp³-hybridized carbons (Fsp3) is 0.500. The van der Waals surface area contributed by atoms with Crippen LogP contribution in [0.2, 0.25) is 0 Å². The van der Waals surface area contributed by atoms with Crippen molar-refractivity contribution in [3.63, 3.8) is 0 Å². The van der Waals surface area contributed by atoms with Crippen LogP contribution in [0.3, 0.4) is 0 Å². The van der Waals surface area contributed by atoms with Crippen LogP contribution in [-0.2, 0) is 0 Å². The summed E-state index contributed by atoms with van der Waals surface area (Å²) in [6.07, 6.45) is 2.88. The lowest BCUT2D eigenvalue weighted by atomic mass is 10.1. The van der Waals surface area contributed by atoms with E-state index in [1.165, 1.54) is 25.3 Å². The Labute approximate surface area is 113 Å². The molecular weight excluding hydrogens is 247 g/mol. The van der Waals surface area contributed by atoms with E-state index in [4.69, 9.17) is 10.5 Å². The van der Waals surface area contributed by atoms with Crippen LogP contribution < -0.4 is 15.8 Å². The molecule has 0 saturated heterocycles. The number of nitrogens with one attached hydrogen (secondary N) is 1. The highest BCUT2D eigenvalue weighted by molar-refractivity contribution is 5.94. The van der Waals surface area contributed by atoms with Gasteiger partial charge >= 0.3 is 0 Å². The van der Waals surface area contributed by atoms with E-state index in [0.717, 1.165) is 19.3 Å². The Kier molecular flexibility index (Phi) is 6.29. The smallest absolute Gasteiger partial charge is 0.251 e. The van der Waals surface area contributed by atoms with E-state index in [2.05, 4.69) is 12.2 Å². The number of benzene rings is 1. The van der Waals surface area contributed by atoms with Gasteiger partial charge in [0.1, 0.15) is 0 Å². The Hall–Kier alpha value is -1.62. The Bertz CT molecular complexity index is 424. The van der Waals surface area contributed by atoms with Crippen molar-refractivity contribution in [3.05, 3.63) is 29.6 Å². The summed E-state index contributed by atoms with van der Waals surface area (Å²) in [5, 5.41) is 2.81. The lowest BCUT2D eigenvalue weighted by Gasteiger charge is -2.16. The predicted octanol–water partition coefficient (Wildman–Crippen LogP) is 2.08. The molecule has 0 aliphatic heterocycles. The standard InChI is InChI=1S/C14H21FN2O2/c1-3-4-5-11(9-16)17-14(18)10-6-7-13(19-2)12(15)8-10/h6-8,11H,3-5,9,16H2,1-2H3,(H,17,18). The number of methoxy groups -OCH3 is 1. The number of halogens is 1. The maximum absolute atomic E-state index is 13.5. The second-order valence-electron chi connectivity index (χ2n) is 4.40. The van der Waals surface area contributed by atoms with Gasteiger partial charge in [-0.1, -0.05) is 19.8 Å². The number of ether oxygens (including phenoxy) is 1. The molecule has 1 amide bonds. The number of carbonyl (C=O) groups excluding carboxylic acids is 1. The summed E-state index contributed by atoms with van der Waals surface area (Å²) >= 11 is 0. The van der Waals surface area contributed by atoms with Gasteiger partial charge in [-0.25, -0.2) is 4.39 Å². The van der Waals surface area contributed by atoms with Gasteiger partial charge in [0, 0.05) is 18.2 Å². The molecule has 106 valence electrons. The number of hydrogen-bond acceptors (Lipinski definition) is 3. The molecule has 0 saturated carbocycles. The first-order valence-electron chi connectivity index (χ1n) is 6.46. The monoisotopic (exact) mass is 268 g/mol. The summed E-state index contributed by atoms with van der Waals surface area (Å²) in [6.45, 7) is 2.46. The lowest BCUT2D eigenvalue weighted by molar-refractivity contribution is 0.0935. The lowest BCUT2D eigenvalue weighted by Crippen LogP contribution is -2.40. The first-order chi connectivity index (χ1) is 9.12. The zero-order valence-corrected chi connectivity index (χ0v) is 11.4. The van der Waals surface area contributed by atoms with Crippen LogP contribution in [0.4, 0.5) is 4.39 Å². The SMILES string of the molecule is CCCCC(CN)NC(=O)c1ccc(OC)c(F)c1. The molecule has 0 heterocycles. The van der Waals surface area contributed by atoms with Crippen molar-refractivity contribution < 1.29 is 13.9 Å². The first-order valence-corrected chi connectivity index (χ1v) is 6.46. The second-order valence-corrected chi connectivity index (χ2v) is 4.40. The van der Waals surface area contributed by atoms with Crippen molar-refractivity contribution in [1.29, 1.82) is 0 Å². The Balaban J connectivity index is 2.69. The normalized spacial score (nSPS) is 12.0. The number of nitrogens with two attached hydrogens (primary N) is 1. The van der Waals surface area contributed by atoms with E-state index in [1.807, 2.05) is 0 Å². The zero-order valence-electron chi connectivity index (χ0n) is 11.4. The van der Waals surface area contributed by atoms with Gasteiger partial charge in [-0.2, -0.15) is 0 Å². The van der Waals surface area contributed by atoms with Gasteiger partial charge in [0.25, 0.3) is 5.91 Å². The molecule has 5 heteroatoms. The topological polar surface area (TPSA) is 64.3 Å². The van der Waals surface area contributed by atoms with Gasteiger partial charge in [0.2, 0.25) is 0 Å². The molecular formula is C14H21FN2O2. The molecule has 1 unspecified atom stereocenters. The molecule has 19 heavy (non-hydrogen) atoms. The average Bonchev–Trinajstić information content (AvgIpc) is 2.43. The van der Waals surface area contributed by atoms with Crippen LogP contribution in [0.5, 0.6) is 5.75 Å². The van der Waals surface area contributed by atoms with E-state index in [9.17, 15) is 9.18 Å². The Morgan fingerprint density at radius 1 is 1.53 bits per heavy atom. The molecule has 1 aromatic rings. The van der Waals surface area contributed by atoms with Crippen molar-refractivity contribution in [2.75, 3.05) is 13.7 Å². The van der Waals surface area contributed by atoms with Crippen LogP contribution in [0, 0.1) is 5.82 Å². The van der Waals surface area contributed by atoms with Crippen LogP contribution in [-0.4, -0.2) is 25.6 Å². The van der Waals surface area contributed by atoms with Crippen LogP contribution in [0.15, 0.2) is 18.2 Å². The molecule has 0 aliphatic carbocycles. The van der Waals surface area contributed by atoms with Gasteiger partial charge in [-0.3, -0.25) is 4.79 Å². The molecule has 1 aromatic carbocycles. The minimum absolute atomic E-state index is 0.0717. The summed E-state index contributed by atoms with van der Waals surface area (Å²) in [6, 6.07) is 4.07. The van der Waals surface area contributed by atoms with Gasteiger partial charge in [0.05, 0.1) is 7.11 Å². The van der Waals surface area contributed by atoms with E-state index >= 15 is 0 Å². The third kappa shape index (κ3) is 4.52. The molecule has 0 aliphatic rings. The van der Waals surface area contributed by atoms with Crippen molar-refractivity contribution in [1.82, 2.24) is 5.32 Å². The van der Waals surface area contributed by atoms with Crippen LogP contribution >= 0.6 is 0 Å². The molecule has 3 N–H and O–H groups in total. The fourth-order valence-corrected chi connectivity index (χ4v) is 1.78.